The fraction of sp³-hybridized carbons (Fsp3) is 0.529. The van der Waals surface area contributed by atoms with E-state index in [1.165, 1.54) is 0 Å². The number of urea groups is 1. The van der Waals surface area contributed by atoms with Gasteiger partial charge in [0.25, 0.3) is 0 Å². The molecule has 1 aromatic carbocycles. The quantitative estimate of drug-likeness (QED) is 0.657. The molecule has 134 valence electrons. The van der Waals surface area contributed by atoms with Crippen molar-refractivity contribution >= 4 is 30.1 Å². The number of nitrogens with zero attached hydrogens (tertiary/aromatic N) is 1. The first kappa shape index (κ1) is 20.3. The van der Waals surface area contributed by atoms with Crippen molar-refractivity contribution in [3.63, 3.8) is 0 Å². The summed E-state index contributed by atoms with van der Waals surface area (Å²) in [6.07, 6.45) is 3.76. The van der Waals surface area contributed by atoms with Gasteiger partial charge in [-0.2, -0.15) is 0 Å². The van der Waals surface area contributed by atoms with E-state index in [2.05, 4.69) is 15.5 Å². The van der Waals surface area contributed by atoms with Gasteiger partial charge in [0.05, 0.1) is 0 Å². The summed E-state index contributed by atoms with van der Waals surface area (Å²) in [5, 5.41) is 14.5. The number of halogens is 1. The van der Waals surface area contributed by atoms with E-state index in [0.717, 1.165) is 51.0 Å². The third-order valence-corrected chi connectivity index (χ3v) is 4.07. The minimum atomic E-state index is -0.725. The van der Waals surface area contributed by atoms with Crippen molar-refractivity contribution in [1.29, 1.82) is 0 Å². The van der Waals surface area contributed by atoms with Gasteiger partial charge < -0.3 is 20.6 Å². The summed E-state index contributed by atoms with van der Waals surface area (Å²) >= 11 is 0. The number of carboxylic acids is 1. The highest BCUT2D eigenvalue weighted by Crippen LogP contribution is 2.12. The first-order valence-electron chi connectivity index (χ1n) is 8.20. The van der Waals surface area contributed by atoms with Crippen molar-refractivity contribution in [2.75, 3.05) is 25.0 Å². The zero-order valence-electron chi connectivity index (χ0n) is 13.7. The lowest BCUT2D eigenvalue weighted by molar-refractivity contribution is -0.137. The first-order chi connectivity index (χ1) is 11.1. The van der Waals surface area contributed by atoms with Gasteiger partial charge in [0.2, 0.25) is 0 Å². The number of likely N-dealkylation sites (tertiary alicyclic amines) is 1. The number of nitrogens with one attached hydrogen (secondary N) is 2. The topological polar surface area (TPSA) is 81.7 Å². The lowest BCUT2D eigenvalue weighted by Crippen LogP contribution is -2.46. The molecule has 1 saturated heterocycles. The maximum Gasteiger partial charge on any atom is 0.319 e. The number of unbranched alkanes of at least 4 members (excludes halogenated alkanes) is 1. The van der Waals surface area contributed by atoms with Gasteiger partial charge in [-0.05, 0) is 44.4 Å². The molecule has 2 amide bonds. The number of piperidine rings is 1. The molecule has 0 spiro atoms. The molecular weight excluding hydrogens is 330 g/mol. The van der Waals surface area contributed by atoms with E-state index in [4.69, 9.17) is 5.11 Å². The van der Waals surface area contributed by atoms with Crippen molar-refractivity contribution < 1.29 is 14.7 Å². The average molecular weight is 356 g/mol. The zero-order chi connectivity index (χ0) is 16.5. The third kappa shape index (κ3) is 7.66. The second-order valence-electron chi connectivity index (χ2n) is 5.93. The Bertz CT molecular complexity index is 505. The summed E-state index contributed by atoms with van der Waals surface area (Å²) in [5.74, 6) is -0.725. The second kappa shape index (κ2) is 10.9. The fourth-order valence-corrected chi connectivity index (χ4v) is 2.79. The van der Waals surface area contributed by atoms with Crippen LogP contribution in [0.1, 0.15) is 32.1 Å². The average Bonchev–Trinajstić information content (AvgIpc) is 2.54. The number of carboxylic acid groups (broad SMARTS) is 1. The molecule has 2 rings (SSSR count). The Hall–Kier alpha value is -1.79. The maximum absolute atomic E-state index is 11.9. The van der Waals surface area contributed by atoms with E-state index in [1.54, 1.807) is 0 Å². The second-order valence-corrected chi connectivity index (χ2v) is 5.93. The van der Waals surface area contributed by atoms with Crippen LogP contribution in [0.4, 0.5) is 10.5 Å². The Labute approximate surface area is 149 Å². The van der Waals surface area contributed by atoms with E-state index < -0.39 is 5.97 Å². The summed E-state index contributed by atoms with van der Waals surface area (Å²) in [4.78, 5) is 24.8. The predicted octanol–water partition coefficient (Wildman–Crippen LogP) is 2.95. The van der Waals surface area contributed by atoms with Crippen molar-refractivity contribution in [3.8, 4) is 0 Å². The molecule has 0 unspecified atom stereocenters. The maximum atomic E-state index is 11.9. The largest absolute Gasteiger partial charge is 0.481 e. The van der Waals surface area contributed by atoms with Crippen molar-refractivity contribution in [1.82, 2.24) is 10.2 Å². The molecule has 1 heterocycles. The molecule has 3 N–H and O–H groups in total. The Morgan fingerprint density at radius 1 is 1.12 bits per heavy atom. The van der Waals surface area contributed by atoms with Crippen LogP contribution in [0.3, 0.4) is 0 Å². The number of rotatable bonds is 7. The molecular formula is C17H26ClN3O3. The molecule has 0 aliphatic carbocycles. The molecule has 1 aliphatic rings. The van der Waals surface area contributed by atoms with E-state index in [-0.39, 0.29) is 30.9 Å². The molecule has 0 saturated carbocycles. The highest BCUT2D eigenvalue weighted by Gasteiger charge is 2.20. The molecule has 0 radical (unpaired) electrons. The number of anilines is 1. The molecule has 1 aromatic rings. The zero-order valence-corrected chi connectivity index (χ0v) is 14.6. The van der Waals surface area contributed by atoms with E-state index in [1.807, 2.05) is 30.3 Å². The van der Waals surface area contributed by atoms with E-state index in [9.17, 15) is 9.59 Å². The van der Waals surface area contributed by atoms with Crippen LogP contribution in [0.25, 0.3) is 0 Å². The molecule has 7 heteroatoms. The van der Waals surface area contributed by atoms with Crippen LogP contribution in [-0.4, -0.2) is 47.7 Å². The predicted molar refractivity (Wildman–Crippen MR) is 96.8 cm³/mol. The first-order valence-corrected chi connectivity index (χ1v) is 8.20. The van der Waals surface area contributed by atoms with Gasteiger partial charge in [0.1, 0.15) is 0 Å². The number of amides is 2. The van der Waals surface area contributed by atoms with Crippen LogP contribution in [0.15, 0.2) is 30.3 Å². The van der Waals surface area contributed by atoms with Crippen molar-refractivity contribution in [2.24, 2.45) is 0 Å². The Morgan fingerprint density at radius 2 is 1.79 bits per heavy atom. The van der Waals surface area contributed by atoms with Crippen LogP contribution in [0.2, 0.25) is 0 Å². The summed E-state index contributed by atoms with van der Waals surface area (Å²) in [7, 11) is 0. The Kier molecular flexibility index (Phi) is 9.19. The molecule has 1 fully saturated rings. The number of hydrogen-bond acceptors (Lipinski definition) is 3. The van der Waals surface area contributed by atoms with Gasteiger partial charge in [-0.3, -0.25) is 4.79 Å². The normalized spacial score (nSPS) is 15.3. The van der Waals surface area contributed by atoms with Gasteiger partial charge in [-0.1, -0.05) is 18.2 Å². The van der Waals surface area contributed by atoms with Gasteiger partial charge in [0.15, 0.2) is 0 Å². The van der Waals surface area contributed by atoms with Crippen LogP contribution in [-0.2, 0) is 4.79 Å². The number of carbonyl (C=O) groups excluding carboxylic acids is 1. The minimum absolute atomic E-state index is 0. The lowest BCUT2D eigenvalue weighted by atomic mass is 10.0. The number of aliphatic carboxylic acids is 1. The standard InChI is InChI=1S/C17H25N3O3.ClH/c21-16(22)8-4-5-11-20-12-9-15(10-13-20)19-17(23)18-14-6-2-1-3-7-14;/h1-3,6-7,15H,4-5,8-13H2,(H,21,22)(H2,18,19,23);1H. The number of carbonyl (C=O) groups is 2. The van der Waals surface area contributed by atoms with Gasteiger partial charge in [-0.25, -0.2) is 4.79 Å². The van der Waals surface area contributed by atoms with Gasteiger partial charge >= 0.3 is 12.0 Å². The lowest BCUT2D eigenvalue weighted by Gasteiger charge is -2.32. The minimum Gasteiger partial charge on any atom is -0.481 e. The molecule has 6 nitrogen and oxygen atoms in total. The van der Waals surface area contributed by atoms with Gasteiger partial charge in [-0.15, -0.1) is 12.4 Å². The molecule has 1 aliphatic heterocycles. The Morgan fingerprint density at radius 3 is 2.42 bits per heavy atom. The van der Waals surface area contributed by atoms with Crippen LogP contribution in [0.5, 0.6) is 0 Å². The third-order valence-electron chi connectivity index (χ3n) is 4.07. The molecule has 0 aromatic heterocycles. The summed E-state index contributed by atoms with van der Waals surface area (Å²) in [6, 6.07) is 9.45. The van der Waals surface area contributed by atoms with E-state index >= 15 is 0 Å². The highest BCUT2D eigenvalue weighted by molar-refractivity contribution is 5.89. The van der Waals surface area contributed by atoms with Crippen LogP contribution >= 0.6 is 12.4 Å². The molecule has 0 atom stereocenters. The molecule has 0 bridgehead atoms. The number of hydrogen-bond donors (Lipinski definition) is 3. The fourth-order valence-electron chi connectivity index (χ4n) is 2.79. The number of para-hydroxylation sites is 1. The van der Waals surface area contributed by atoms with E-state index in [0.29, 0.717) is 0 Å². The van der Waals surface area contributed by atoms with Crippen molar-refractivity contribution in [3.05, 3.63) is 30.3 Å². The van der Waals surface area contributed by atoms with Crippen LogP contribution < -0.4 is 10.6 Å². The van der Waals surface area contributed by atoms with Gasteiger partial charge in [0, 0.05) is 31.2 Å². The van der Waals surface area contributed by atoms with Crippen LogP contribution in [0, 0.1) is 0 Å². The monoisotopic (exact) mass is 355 g/mol. The Balaban J connectivity index is 0.00000288. The highest BCUT2D eigenvalue weighted by atomic mass is 35.5. The smallest absolute Gasteiger partial charge is 0.319 e. The van der Waals surface area contributed by atoms with Crippen molar-refractivity contribution in [2.45, 2.75) is 38.1 Å². The summed E-state index contributed by atoms with van der Waals surface area (Å²) in [6.45, 7) is 2.84. The SMILES string of the molecule is Cl.O=C(O)CCCCN1CCC(NC(=O)Nc2ccccc2)CC1. The summed E-state index contributed by atoms with van der Waals surface area (Å²) < 4.78 is 0. The molecule has 24 heavy (non-hydrogen) atoms. The summed E-state index contributed by atoms with van der Waals surface area (Å²) in [5.41, 5.74) is 0.792. The number of benzene rings is 1.